The van der Waals surface area contributed by atoms with Crippen LogP contribution in [0, 0.1) is 0 Å². The molecular weight excluding hydrogens is 292 g/mol. The van der Waals surface area contributed by atoms with E-state index in [1.807, 2.05) is 30.1 Å². The van der Waals surface area contributed by atoms with E-state index in [1.165, 1.54) is 0 Å². The van der Waals surface area contributed by atoms with Gasteiger partial charge >= 0.3 is 0 Å². The summed E-state index contributed by atoms with van der Waals surface area (Å²) in [7, 11) is 7.23. The van der Waals surface area contributed by atoms with Gasteiger partial charge in [-0.15, -0.1) is 0 Å². The fraction of sp³-hybridized carbons (Fsp3) is 0.500. The van der Waals surface area contributed by atoms with Crippen molar-refractivity contribution in [1.29, 1.82) is 0 Å². The van der Waals surface area contributed by atoms with E-state index in [2.05, 4.69) is 11.9 Å². The molecule has 1 aromatic rings. The van der Waals surface area contributed by atoms with Crippen LogP contribution in [-0.2, 0) is 4.79 Å². The van der Waals surface area contributed by atoms with Gasteiger partial charge in [-0.2, -0.15) is 0 Å². The number of nitrogens with zero attached hydrogens (tertiary/aromatic N) is 2. The van der Waals surface area contributed by atoms with Crippen molar-refractivity contribution in [3.8, 4) is 11.5 Å². The molecule has 1 saturated heterocycles. The van der Waals surface area contributed by atoms with Crippen LogP contribution in [-0.4, -0.2) is 63.2 Å². The number of carbonyl (C=O) groups excluding carboxylic acids is 1. The lowest BCUT2D eigenvalue weighted by atomic mass is 10.0. The Morgan fingerprint density at radius 1 is 1.26 bits per heavy atom. The summed E-state index contributed by atoms with van der Waals surface area (Å²) in [4.78, 5) is 16.5. The largest absolute Gasteiger partial charge is 0.497 e. The number of carbonyl (C=O) groups is 1. The minimum absolute atomic E-state index is 0.0254. The molecular formula is C18H26N2O3. The molecule has 1 aliphatic rings. The maximum absolute atomic E-state index is 12.4. The Hall–Kier alpha value is -2.01. The van der Waals surface area contributed by atoms with E-state index in [1.54, 1.807) is 26.4 Å². The summed E-state index contributed by atoms with van der Waals surface area (Å²) < 4.78 is 10.5. The van der Waals surface area contributed by atoms with Crippen molar-refractivity contribution in [2.45, 2.75) is 18.9 Å². The highest BCUT2D eigenvalue weighted by atomic mass is 16.5. The van der Waals surface area contributed by atoms with Crippen LogP contribution in [0.3, 0.4) is 0 Å². The number of likely N-dealkylation sites (N-methyl/N-ethyl adjacent to an activating group) is 1. The fourth-order valence-corrected chi connectivity index (χ4v) is 2.80. The predicted octanol–water partition coefficient (Wildman–Crippen LogP) is 2.27. The van der Waals surface area contributed by atoms with E-state index in [0.717, 1.165) is 37.2 Å². The standard InChI is InChI=1S/C18H26N2O3/c1-19-11-9-15(10-12-19)20(2)18(21)8-6-14-5-7-16(22-3)13-17(14)23-4/h5-8,13,15H,9-12H2,1-4H3/b8-6-. The van der Waals surface area contributed by atoms with Gasteiger partial charge in [0, 0.05) is 30.8 Å². The molecule has 23 heavy (non-hydrogen) atoms. The zero-order valence-electron chi connectivity index (χ0n) is 14.4. The molecule has 1 fully saturated rings. The Kier molecular flexibility index (Phi) is 6.04. The van der Waals surface area contributed by atoms with Crippen LogP contribution in [0.15, 0.2) is 24.3 Å². The molecule has 5 nitrogen and oxygen atoms in total. The van der Waals surface area contributed by atoms with E-state index in [9.17, 15) is 4.79 Å². The van der Waals surface area contributed by atoms with Crippen LogP contribution < -0.4 is 9.47 Å². The first kappa shape index (κ1) is 17.3. The summed E-state index contributed by atoms with van der Waals surface area (Å²) in [6, 6.07) is 5.87. The maximum Gasteiger partial charge on any atom is 0.246 e. The van der Waals surface area contributed by atoms with Crippen LogP contribution in [0.25, 0.3) is 6.08 Å². The van der Waals surface area contributed by atoms with Crippen molar-refractivity contribution < 1.29 is 14.3 Å². The average Bonchev–Trinajstić information content (AvgIpc) is 2.59. The predicted molar refractivity (Wildman–Crippen MR) is 91.9 cm³/mol. The number of hydrogen-bond donors (Lipinski definition) is 0. The number of ether oxygens (including phenoxy) is 2. The van der Waals surface area contributed by atoms with E-state index in [-0.39, 0.29) is 5.91 Å². The van der Waals surface area contributed by atoms with Gasteiger partial charge in [0.15, 0.2) is 0 Å². The summed E-state index contributed by atoms with van der Waals surface area (Å²) in [6.07, 6.45) is 5.46. The van der Waals surface area contributed by atoms with Gasteiger partial charge in [-0.25, -0.2) is 0 Å². The molecule has 1 aliphatic heterocycles. The number of amides is 1. The van der Waals surface area contributed by atoms with Crippen molar-refractivity contribution in [2.24, 2.45) is 0 Å². The molecule has 1 heterocycles. The normalized spacial score (nSPS) is 16.5. The summed E-state index contributed by atoms with van der Waals surface area (Å²) in [6.45, 7) is 2.08. The van der Waals surface area contributed by atoms with E-state index >= 15 is 0 Å². The fourth-order valence-electron chi connectivity index (χ4n) is 2.80. The van der Waals surface area contributed by atoms with Crippen LogP contribution in [0.4, 0.5) is 0 Å². The maximum atomic E-state index is 12.4. The molecule has 0 atom stereocenters. The van der Waals surface area contributed by atoms with Crippen molar-refractivity contribution in [3.63, 3.8) is 0 Å². The second kappa shape index (κ2) is 8.02. The highest BCUT2D eigenvalue weighted by molar-refractivity contribution is 5.92. The smallest absolute Gasteiger partial charge is 0.246 e. The molecule has 0 aliphatic carbocycles. The van der Waals surface area contributed by atoms with Gasteiger partial charge in [-0.3, -0.25) is 4.79 Å². The minimum Gasteiger partial charge on any atom is -0.497 e. The van der Waals surface area contributed by atoms with Crippen molar-refractivity contribution in [3.05, 3.63) is 29.8 Å². The third-order valence-electron chi connectivity index (χ3n) is 4.43. The number of methoxy groups -OCH3 is 2. The summed E-state index contributed by atoms with van der Waals surface area (Å²) in [5.74, 6) is 1.45. The molecule has 1 aromatic carbocycles. The quantitative estimate of drug-likeness (QED) is 0.781. The number of piperidine rings is 1. The topological polar surface area (TPSA) is 42.0 Å². The first-order chi connectivity index (χ1) is 11.0. The Morgan fingerprint density at radius 3 is 2.57 bits per heavy atom. The molecule has 2 rings (SSSR count). The monoisotopic (exact) mass is 318 g/mol. The van der Waals surface area contributed by atoms with Crippen molar-refractivity contribution in [1.82, 2.24) is 9.80 Å². The minimum atomic E-state index is 0.0254. The van der Waals surface area contributed by atoms with E-state index in [4.69, 9.17) is 9.47 Å². The Bertz CT molecular complexity index is 563. The molecule has 0 bridgehead atoms. The number of benzene rings is 1. The zero-order chi connectivity index (χ0) is 16.8. The van der Waals surface area contributed by atoms with Gasteiger partial charge < -0.3 is 19.3 Å². The van der Waals surface area contributed by atoms with Crippen molar-refractivity contribution in [2.75, 3.05) is 41.4 Å². The van der Waals surface area contributed by atoms with Crippen molar-refractivity contribution >= 4 is 12.0 Å². The first-order valence-corrected chi connectivity index (χ1v) is 7.90. The van der Waals surface area contributed by atoms with Gasteiger partial charge in [0.2, 0.25) is 5.91 Å². The third kappa shape index (κ3) is 4.48. The summed E-state index contributed by atoms with van der Waals surface area (Å²) >= 11 is 0. The Labute approximate surface area is 138 Å². The average molecular weight is 318 g/mol. The SMILES string of the molecule is COc1ccc(/C=C\C(=O)N(C)C2CCN(C)CC2)c(OC)c1. The lowest BCUT2D eigenvalue weighted by Crippen LogP contribution is -2.43. The van der Waals surface area contributed by atoms with Gasteiger partial charge in [0.25, 0.3) is 0 Å². The lowest BCUT2D eigenvalue weighted by molar-refractivity contribution is -0.127. The molecule has 0 N–H and O–H groups in total. The highest BCUT2D eigenvalue weighted by Crippen LogP contribution is 2.25. The first-order valence-electron chi connectivity index (χ1n) is 7.90. The molecule has 0 radical (unpaired) electrons. The van der Waals surface area contributed by atoms with Gasteiger partial charge in [0.1, 0.15) is 11.5 Å². The van der Waals surface area contributed by atoms with Crippen LogP contribution in [0.2, 0.25) is 0 Å². The van der Waals surface area contributed by atoms with Gasteiger partial charge in [0.05, 0.1) is 14.2 Å². The number of hydrogen-bond acceptors (Lipinski definition) is 4. The second-order valence-electron chi connectivity index (χ2n) is 5.92. The van der Waals surface area contributed by atoms with E-state index < -0.39 is 0 Å². The Morgan fingerprint density at radius 2 is 1.96 bits per heavy atom. The Balaban J connectivity index is 2.03. The second-order valence-corrected chi connectivity index (χ2v) is 5.92. The van der Waals surface area contributed by atoms with E-state index in [0.29, 0.717) is 11.8 Å². The van der Waals surface area contributed by atoms with Gasteiger partial charge in [-0.05, 0) is 51.2 Å². The highest BCUT2D eigenvalue weighted by Gasteiger charge is 2.22. The van der Waals surface area contributed by atoms with Crippen LogP contribution in [0.1, 0.15) is 18.4 Å². The zero-order valence-corrected chi connectivity index (χ0v) is 14.4. The molecule has 5 heteroatoms. The summed E-state index contributed by atoms with van der Waals surface area (Å²) in [5.41, 5.74) is 0.860. The molecule has 0 saturated carbocycles. The lowest BCUT2D eigenvalue weighted by Gasteiger charge is -2.34. The molecule has 0 unspecified atom stereocenters. The molecule has 1 amide bonds. The van der Waals surface area contributed by atoms with Crippen LogP contribution in [0.5, 0.6) is 11.5 Å². The van der Waals surface area contributed by atoms with Crippen LogP contribution >= 0.6 is 0 Å². The number of likely N-dealkylation sites (tertiary alicyclic amines) is 1. The van der Waals surface area contributed by atoms with Gasteiger partial charge in [-0.1, -0.05) is 0 Å². The number of rotatable bonds is 5. The molecule has 0 aromatic heterocycles. The third-order valence-corrected chi connectivity index (χ3v) is 4.43. The summed E-state index contributed by atoms with van der Waals surface area (Å²) in [5, 5.41) is 0. The molecule has 126 valence electrons. The molecule has 0 spiro atoms.